The summed E-state index contributed by atoms with van der Waals surface area (Å²) in [6.07, 6.45) is 3.41. The highest BCUT2D eigenvalue weighted by Crippen LogP contribution is 2.24. The number of fused-ring (bicyclic) bond motifs is 1. The third kappa shape index (κ3) is 2.64. The highest BCUT2D eigenvalue weighted by Gasteiger charge is 2.09. The van der Waals surface area contributed by atoms with E-state index in [-0.39, 0.29) is 0 Å². The Balaban J connectivity index is 1.61. The van der Waals surface area contributed by atoms with E-state index in [4.69, 9.17) is 4.42 Å². The molecule has 0 saturated heterocycles. The molecule has 0 fully saturated rings. The van der Waals surface area contributed by atoms with E-state index in [0.717, 1.165) is 27.9 Å². The van der Waals surface area contributed by atoms with E-state index < -0.39 is 0 Å². The molecule has 0 amide bonds. The zero-order chi connectivity index (χ0) is 15.6. The van der Waals surface area contributed by atoms with E-state index in [1.165, 1.54) is 0 Å². The molecule has 4 aromatic rings. The molecule has 2 aromatic heterocycles. The van der Waals surface area contributed by atoms with Crippen LogP contribution in [0.25, 0.3) is 22.6 Å². The van der Waals surface area contributed by atoms with Crippen molar-refractivity contribution in [2.45, 2.75) is 6.92 Å². The van der Waals surface area contributed by atoms with Crippen molar-refractivity contribution in [2.75, 3.05) is 5.32 Å². The predicted octanol–water partition coefficient (Wildman–Crippen LogP) is 4.34. The second-order valence-corrected chi connectivity index (χ2v) is 5.22. The monoisotopic (exact) mass is 302 g/mol. The molecule has 4 rings (SSSR count). The maximum atomic E-state index is 5.72. The van der Waals surface area contributed by atoms with Gasteiger partial charge in [0, 0.05) is 18.1 Å². The SMILES string of the molecule is Cc1ccccc1Nc1ncc(-c2nc3ccccc3o2)cn1. The second-order valence-electron chi connectivity index (χ2n) is 5.22. The minimum absolute atomic E-state index is 0.522. The molecule has 5 heteroatoms. The van der Waals surface area contributed by atoms with Gasteiger partial charge in [-0.15, -0.1) is 0 Å². The van der Waals surface area contributed by atoms with Gasteiger partial charge in [0.25, 0.3) is 0 Å². The lowest BCUT2D eigenvalue weighted by molar-refractivity contribution is 0.619. The molecule has 2 heterocycles. The topological polar surface area (TPSA) is 63.8 Å². The number of rotatable bonds is 3. The Kier molecular flexibility index (Phi) is 3.24. The number of para-hydroxylation sites is 3. The van der Waals surface area contributed by atoms with E-state index in [2.05, 4.69) is 20.3 Å². The van der Waals surface area contributed by atoms with Gasteiger partial charge in [0.05, 0.1) is 5.56 Å². The summed E-state index contributed by atoms with van der Waals surface area (Å²) < 4.78 is 5.72. The third-order valence-corrected chi connectivity index (χ3v) is 3.58. The fourth-order valence-electron chi connectivity index (χ4n) is 2.33. The highest BCUT2D eigenvalue weighted by molar-refractivity contribution is 5.75. The smallest absolute Gasteiger partial charge is 0.230 e. The van der Waals surface area contributed by atoms with Crippen LogP contribution < -0.4 is 5.32 Å². The van der Waals surface area contributed by atoms with Gasteiger partial charge in [-0.3, -0.25) is 0 Å². The van der Waals surface area contributed by atoms with Gasteiger partial charge in [0.15, 0.2) is 5.58 Å². The van der Waals surface area contributed by atoms with Gasteiger partial charge in [0.2, 0.25) is 11.8 Å². The lowest BCUT2D eigenvalue weighted by Gasteiger charge is -2.07. The molecular weight excluding hydrogens is 288 g/mol. The van der Waals surface area contributed by atoms with Crippen molar-refractivity contribution in [3.05, 3.63) is 66.5 Å². The normalized spacial score (nSPS) is 10.8. The van der Waals surface area contributed by atoms with Crippen LogP contribution in [-0.2, 0) is 0 Å². The van der Waals surface area contributed by atoms with Crippen LogP contribution >= 0.6 is 0 Å². The van der Waals surface area contributed by atoms with Crippen molar-refractivity contribution in [3.8, 4) is 11.5 Å². The van der Waals surface area contributed by atoms with E-state index >= 15 is 0 Å². The fourth-order valence-corrected chi connectivity index (χ4v) is 2.33. The number of anilines is 2. The van der Waals surface area contributed by atoms with Crippen LogP contribution in [0.15, 0.2) is 65.3 Å². The lowest BCUT2D eigenvalue weighted by Crippen LogP contribution is -1.98. The van der Waals surface area contributed by atoms with E-state index in [1.807, 2.05) is 55.5 Å². The largest absolute Gasteiger partial charge is 0.436 e. The van der Waals surface area contributed by atoms with Gasteiger partial charge in [-0.05, 0) is 30.7 Å². The van der Waals surface area contributed by atoms with Gasteiger partial charge >= 0.3 is 0 Å². The van der Waals surface area contributed by atoms with Crippen LogP contribution in [0, 0.1) is 6.92 Å². The van der Waals surface area contributed by atoms with Crippen LogP contribution in [0.5, 0.6) is 0 Å². The molecule has 2 aromatic carbocycles. The number of benzene rings is 2. The highest BCUT2D eigenvalue weighted by atomic mass is 16.3. The molecule has 23 heavy (non-hydrogen) atoms. The van der Waals surface area contributed by atoms with Gasteiger partial charge < -0.3 is 9.73 Å². The molecule has 0 radical (unpaired) electrons. The number of hydrogen-bond donors (Lipinski definition) is 1. The third-order valence-electron chi connectivity index (χ3n) is 3.58. The molecule has 1 N–H and O–H groups in total. The summed E-state index contributed by atoms with van der Waals surface area (Å²) in [6.45, 7) is 2.04. The zero-order valence-electron chi connectivity index (χ0n) is 12.5. The number of oxazole rings is 1. The quantitative estimate of drug-likeness (QED) is 0.610. The molecule has 0 saturated carbocycles. The number of hydrogen-bond acceptors (Lipinski definition) is 5. The number of nitrogens with one attached hydrogen (secondary N) is 1. The summed E-state index contributed by atoms with van der Waals surface area (Å²) >= 11 is 0. The molecule has 0 unspecified atom stereocenters. The standard InChI is InChI=1S/C18H14N4O/c1-12-6-2-3-7-14(12)22-18-19-10-13(11-20-18)17-21-15-8-4-5-9-16(15)23-17/h2-11H,1H3,(H,19,20,22). The lowest BCUT2D eigenvalue weighted by atomic mass is 10.2. The van der Waals surface area contributed by atoms with Crippen molar-refractivity contribution in [1.82, 2.24) is 15.0 Å². The molecule has 0 aliphatic heterocycles. The first-order valence-electron chi connectivity index (χ1n) is 7.30. The number of aryl methyl sites for hydroxylation is 1. The first-order valence-corrected chi connectivity index (χ1v) is 7.30. The predicted molar refractivity (Wildman–Crippen MR) is 89.5 cm³/mol. The Hall–Kier alpha value is -3.21. The Labute approximate surface area is 133 Å². The summed E-state index contributed by atoms with van der Waals surface area (Å²) in [4.78, 5) is 13.1. The average molecular weight is 302 g/mol. The Bertz CT molecular complexity index is 927. The molecule has 112 valence electrons. The Morgan fingerprint density at radius 3 is 2.43 bits per heavy atom. The molecule has 5 nitrogen and oxygen atoms in total. The Morgan fingerprint density at radius 1 is 0.913 bits per heavy atom. The summed E-state index contributed by atoms with van der Waals surface area (Å²) in [5, 5.41) is 3.20. The molecule has 0 atom stereocenters. The van der Waals surface area contributed by atoms with Crippen molar-refractivity contribution in [3.63, 3.8) is 0 Å². The van der Waals surface area contributed by atoms with Crippen LogP contribution in [0.2, 0.25) is 0 Å². The van der Waals surface area contributed by atoms with Crippen molar-refractivity contribution in [1.29, 1.82) is 0 Å². The van der Waals surface area contributed by atoms with Crippen LogP contribution in [-0.4, -0.2) is 15.0 Å². The summed E-state index contributed by atoms with van der Waals surface area (Å²) in [5.74, 6) is 1.06. The van der Waals surface area contributed by atoms with Crippen molar-refractivity contribution >= 4 is 22.7 Å². The molecular formula is C18H14N4O. The van der Waals surface area contributed by atoms with E-state index in [1.54, 1.807) is 12.4 Å². The molecule has 0 bridgehead atoms. The Morgan fingerprint density at radius 2 is 1.65 bits per heavy atom. The van der Waals surface area contributed by atoms with Gasteiger partial charge in [0.1, 0.15) is 5.52 Å². The maximum Gasteiger partial charge on any atom is 0.230 e. The van der Waals surface area contributed by atoms with Crippen molar-refractivity contribution < 1.29 is 4.42 Å². The van der Waals surface area contributed by atoms with Gasteiger partial charge in [-0.25, -0.2) is 15.0 Å². The minimum Gasteiger partial charge on any atom is -0.436 e. The average Bonchev–Trinajstić information content (AvgIpc) is 3.02. The van der Waals surface area contributed by atoms with Crippen LogP contribution in [0.3, 0.4) is 0 Å². The van der Waals surface area contributed by atoms with Gasteiger partial charge in [-0.2, -0.15) is 0 Å². The fraction of sp³-hybridized carbons (Fsp3) is 0.0556. The zero-order valence-corrected chi connectivity index (χ0v) is 12.5. The molecule has 0 aliphatic rings. The maximum absolute atomic E-state index is 5.72. The molecule has 0 aliphatic carbocycles. The summed E-state index contributed by atoms with van der Waals surface area (Å²) in [6, 6.07) is 15.7. The summed E-state index contributed by atoms with van der Waals surface area (Å²) in [5.41, 5.74) is 4.45. The van der Waals surface area contributed by atoms with E-state index in [0.29, 0.717) is 11.8 Å². The van der Waals surface area contributed by atoms with Crippen molar-refractivity contribution in [2.24, 2.45) is 0 Å². The van der Waals surface area contributed by atoms with Gasteiger partial charge in [-0.1, -0.05) is 30.3 Å². The van der Waals surface area contributed by atoms with Crippen LogP contribution in [0.1, 0.15) is 5.56 Å². The summed E-state index contributed by atoms with van der Waals surface area (Å²) in [7, 11) is 0. The number of aromatic nitrogens is 3. The van der Waals surface area contributed by atoms with Crippen LogP contribution in [0.4, 0.5) is 11.6 Å². The molecule has 0 spiro atoms. The number of nitrogens with zero attached hydrogens (tertiary/aromatic N) is 3. The second kappa shape index (κ2) is 5.53. The van der Waals surface area contributed by atoms with E-state index in [9.17, 15) is 0 Å². The first kappa shape index (κ1) is 13.5. The first-order chi connectivity index (χ1) is 11.3. The minimum atomic E-state index is 0.522.